The zero-order valence-corrected chi connectivity index (χ0v) is 44.2. The number of hydrogen-bond donors (Lipinski definition) is 0. The Labute approximate surface area is 466 Å². The van der Waals surface area contributed by atoms with Gasteiger partial charge in [0, 0.05) is 89.3 Å². The first-order valence-electron chi connectivity index (χ1n) is 27.3. The topological polar surface area (TPSA) is 16.2 Å². The number of benzene rings is 11. The van der Waals surface area contributed by atoms with Crippen molar-refractivity contribution in [3.8, 4) is 11.1 Å². The van der Waals surface area contributed by atoms with Crippen molar-refractivity contribution in [1.82, 2.24) is 0 Å². The molecule has 370 valence electrons. The molecule has 8 heteroatoms. The van der Waals surface area contributed by atoms with Crippen molar-refractivity contribution >= 4 is 127 Å². The number of nitrogens with zero attached hydrogens (tertiary/aromatic N) is 5. The fourth-order valence-corrected chi connectivity index (χ4v) is 14.5. The van der Waals surface area contributed by atoms with Gasteiger partial charge in [-0.1, -0.05) is 163 Å². The van der Waals surface area contributed by atoms with Crippen LogP contribution in [0.1, 0.15) is 12.5 Å². The third-order valence-corrected chi connectivity index (χ3v) is 17.5. The van der Waals surface area contributed by atoms with Crippen LogP contribution in [0.4, 0.5) is 73.9 Å². The largest absolute Gasteiger partial charge is 0.376 e. The van der Waals surface area contributed by atoms with Gasteiger partial charge in [0.05, 0.1) is 5.69 Å². The summed E-state index contributed by atoms with van der Waals surface area (Å²) >= 11 is 1.92. The predicted molar refractivity (Wildman–Crippen MR) is 335 cm³/mol. The van der Waals surface area contributed by atoms with Crippen molar-refractivity contribution in [2.45, 2.75) is 16.7 Å². The highest BCUT2D eigenvalue weighted by Gasteiger charge is 2.50. The lowest BCUT2D eigenvalue weighted by molar-refractivity contribution is 1.18. The molecular weight excluding hydrogens is 977 g/mol. The average molecular weight is 1030 g/mol. The van der Waals surface area contributed by atoms with E-state index in [1.54, 1.807) is 0 Å². The normalized spacial score (nSPS) is 13.9. The fourth-order valence-electron chi connectivity index (χ4n) is 13.3. The number of fused-ring (bicyclic) bond motifs is 7. The Morgan fingerprint density at radius 2 is 0.899 bits per heavy atom. The Kier molecular flexibility index (Phi) is 10.5. The highest BCUT2D eigenvalue weighted by molar-refractivity contribution is 8.00. The summed E-state index contributed by atoms with van der Waals surface area (Å²) in [7, 11) is 0. The molecular formula is C71H49B2N5S. The monoisotopic (exact) mass is 1030 g/mol. The van der Waals surface area contributed by atoms with Gasteiger partial charge in [-0.05, 0) is 173 Å². The van der Waals surface area contributed by atoms with Crippen LogP contribution in [0.5, 0.6) is 0 Å². The molecule has 5 aliphatic rings. The van der Waals surface area contributed by atoms with E-state index in [0.717, 1.165) is 62.6 Å². The van der Waals surface area contributed by atoms with Gasteiger partial charge >= 0.3 is 6.85 Å². The van der Waals surface area contributed by atoms with Crippen LogP contribution in [0, 0.1) is 0 Å². The van der Waals surface area contributed by atoms with E-state index in [-0.39, 0.29) is 13.6 Å². The lowest BCUT2D eigenvalue weighted by atomic mass is 9.31. The minimum Gasteiger partial charge on any atom is -0.376 e. The quantitative estimate of drug-likeness (QED) is 0.133. The van der Waals surface area contributed by atoms with Crippen LogP contribution in [0.15, 0.2) is 295 Å². The van der Waals surface area contributed by atoms with E-state index >= 15 is 0 Å². The van der Waals surface area contributed by atoms with Gasteiger partial charge in [-0.2, -0.15) is 0 Å². The van der Waals surface area contributed by atoms with E-state index in [1.165, 1.54) is 70.9 Å². The zero-order valence-electron chi connectivity index (χ0n) is 43.4. The molecule has 5 heterocycles. The molecule has 5 nitrogen and oxygen atoms in total. The van der Waals surface area contributed by atoms with E-state index in [2.05, 4.69) is 310 Å². The van der Waals surface area contributed by atoms with Crippen molar-refractivity contribution in [2.24, 2.45) is 0 Å². The van der Waals surface area contributed by atoms with Gasteiger partial charge in [0.15, 0.2) is 0 Å². The second kappa shape index (κ2) is 18.3. The molecule has 5 aliphatic heterocycles. The lowest BCUT2D eigenvalue weighted by Crippen LogP contribution is -2.63. The molecule has 0 amide bonds. The second-order valence-electron chi connectivity index (χ2n) is 20.8. The summed E-state index contributed by atoms with van der Waals surface area (Å²) in [6, 6.07) is 98.9. The third-order valence-electron chi connectivity index (χ3n) is 16.4. The van der Waals surface area contributed by atoms with Gasteiger partial charge in [-0.3, -0.25) is 0 Å². The summed E-state index contributed by atoms with van der Waals surface area (Å²) in [6.45, 7) is 1.91. The minimum atomic E-state index is -0.136. The number of allylic oxidation sites excluding steroid dienone is 2. The fraction of sp³-hybridized carbons (Fsp3) is 0.0141. The molecule has 79 heavy (non-hydrogen) atoms. The first-order chi connectivity index (χ1) is 39.2. The zero-order chi connectivity index (χ0) is 52.1. The lowest BCUT2D eigenvalue weighted by Gasteiger charge is -2.48. The second-order valence-corrected chi connectivity index (χ2v) is 21.9. The highest BCUT2D eigenvalue weighted by Crippen LogP contribution is 2.53. The van der Waals surface area contributed by atoms with E-state index in [4.69, 9.17) is 0 Å². The van der Waals surface area contributed by atoms with E-state index in [9.17, 15) is 0 Å². The number of hydrogen-bond acceptors (Lipinski definition) is 6. The van der Waals surface area contributed by atoms with E-state index in [0.29, 0.717) is 0 Å². The summed E-state index contributed by atoms with van der Waals surface area (Å²) in [6.07, 6.45) is 4.58. The first kappa shape index (κ1) is 45.6. The average Bonchev–Trinajstić information content (AvgIpc) is 3.69. The molecule has 16 rings (SSSR count). The molecule has 0 radical (unpaired) electrons. The molecule has 0 N–H and O–H groups in total. The van der Waals surface area contributed by atoms with Gasteiger partial charge < -0.3 is 24.4 Å². The predicted octanol–water partition coefficient (Wildman–Crippen LogP) is 16.4. The maximum absolute atomic E-state index is 2.65. The van der Waals surface area contributed by atoms with E-state index in [1.807, 2.05) is 11.8 Å². The molecule has 0 saturated carbocycles. The summed E-state index contributed by atoms with van der Waals surface area (Å²) in [5, 5.41) is 0. The van der Waals surface area contributed by atoms with E-state index < -0.39 is 0 Å². The van der Waals surface area contributed by atoms with Crippen LogP contribution in [0.2, 0.25) is 0 Å². The van der Waals surface area contributed by atoms with Crippen molar-refractivity contribution in [1.29, 1.82) is 0 Å². The van der Waals surface area contributed by atoms with Crippen LogP contribution in [0.3, 0.4) is 0 Å². The molecule has 4 bridgehead atoms. The van der Waals surface area contributed by atoms with Gasteiger partial charge in [0.2, 0.25) is 0 Å². The van der Waals surface area contributed by atoms with Crippen molar-refractivity contribution in [3.05, 3.63) is 290 Å². The van der Waals surface area contributed by atoms with Crippen LogP contribution in [-0.2, 0) is 0 Å². The number of rotatable bonds is 9. The van der Waals surface area contributed by atoms with Gasteiger partial charge in [-0.25, -0.2) is 0 Å². The maximum atomic E-state index is 2.65. The summed E-state index contributed by atoms with van der Waals surface area (Å²) in [4.78, 5) is 15.1. The van der Waals surface area contributed by atoms with Gasteiger partial charge in [-0.15, -0.1) is 0 Å². The smallest absolute Gasteiger partial charge is 0.331 e. The van der Waals surface area contributed by atoms with Crippen LogP contribution >= 0.6 is 11.8 Å². The van der Waals surface area contributed by atoms with Crippen molar-refractivity contribution < 1.29 is 0 Å². The van der Waals surface area contributed by atoms with Gasteiger partial charge in [0.1, 0.15) is 0 Å². The SMILES string of the molecule is C/C=C\C1=C2B3c4cc5c(cc4N(c4ccccc4)c4cc(N(c6ccccc6)c6ccccc6)cc(c43)N1c1ccccc1)Sc1cc(N(c3ccccc3)c3ccccc3)cc3c1B5N(c1cccc2c1)c1ccccc1-3. The number of anilines is 13. The summed E-state index contributed by atoms with van der Waals surface area (Å²) < 4.78 is 0. The molecule has 11 aromatic rings. The Morgan fingerprint density at radius 1 is 0.380 bits per heavy atom. The van der Waals surface area contributed by atoms with Gasteiger partial charge in [0.25, 0.3) is 6.71 Å². The first-order valence-corrected chi connectivity index (χ1v) is 28.1. The molecule has 0 fully saturated rings. The summed E-state index contributed by atoms with van der Waals surface area (Å²) in [5.74, 6) is 0. The molecule has 0 aromatic heterocycles. The molecule has 0 unspecified atom stereocenters. The minimum absolute atomic E-state index is 0.115. The van der Waals surface area contributed by atoms with Crippen molar-refractivity contribution in [3.63, 3.8) is 0 Å². The Hall–Kier alpha value is -9.62. The third kappa shape index (κ3) is 7.07. The molecule has 11 aromatic carbocycles. The Morgan fingerprint density at radius 3 is 1.49 bits per heavy atom. The van der Waals surface area contributed by atoms with Crippen LogP contribution < -0.4 is 46.3 Å². The van der Waals surface area contributed by atoms with Crippen molar-refractivity contribution in [2.75, 3.05) is 24.4 Å². The highest BCUT2D eigenvalue weighted by atomic mass is 32.2. The Balaban J connectivity index is 1.03. The Bertz CT molecular complexity index is 4190. The van der Waals surface area contributed by atoms with Crippen LogP contribution in [0.25, 0.3) is 16.6 Å². The molecule has 0 atom stereocenters. The van der Waals surface area contributed by atoms with Crippen LogP contribution in [-0.4, -0.2) is 13.6 Å². The molecule has 0 saturated heterocycles. The number of para-hydroxylation sites is 7. The molecule has 0 aliphatic carbocycles. The summed E-state index contributed by atoms with van der Waals surface area (Å²) in [5.41, 5.74) is 26.0. The maximum Gasteiger partial charge on any atom is 0.331 e. The standard InChI is InChI=1S/C71H49B2N5S/c1-2-24-63-69-48-25-23-38-55(41-48)78-62-40-22-21-39-58(62)59-42-56(74(49-26-9-3-10-27-49)50-28-11-4-12-29-50)45-68-70(59)73(78)61-46-60-64(47-67(61)79-68)77(54-36-19-8-20-37-54)66-44-57(75(51-30-13-5-14-31-51)52-32-15-6-16-33-52)43-65(71(66)72(60)69)76(63)53-34-17-7-18-35-53/h2-47H,1H3/b24-2-. The molecule has 0 spiro atoms.